The maximum atomic E-state index is 11.5. The molecule has 1 aliphatic rings. The third-order valence-electron chi connectivity index (χ3n) is 2.82. The number of hydrogen-bond acceptors (Lipinski definition) is 4. The molecule has 5 N–H and O–H groups in total. The fourth-order valence-electron chi connectivity index (χ4n) is 2.00. The van der Waals surface area contributed by atoms with Gasteiger partial charge < -0.3 is 11.5 Å². The van der Waals surface area contributed by atoms with E-state index < -0.39 is 6.03 Å². The molecule has 0 radical (unpaired) electrons. The molecule has 1 rings (SSSR count). The third kappa shape index (κ3) is 2.90. The lowest BCUT2D eigenvalue weighted by atomic mass is 10.2. The van der Waals surface area contributed by atoms with Crippen molar-refractivity contribution in [1.82, 2.24) is 10.2 Å². The number of rotatable bonds is 3. The van der Waals surface area contributed by atoms with Gasteiger partial charge in [0.15, 0.2) is 0 Å². The van der Waals surface area contributed by atoms with Gasteiger partial charge in [-0.05, 0) is 26.3 Å². The summed E-state index contributed by atoms with van der Waals surface area (Å²) in [6.07, 6.45) is 2.04. The summed E-state index contributed by atoms with van der Waals surface area (Å²) >= 11 is 0. The summed E-state index contributed by atoms with van der Waals surface area (Å²) in [7, 11) is 0. The average Bonchev–Trinajstić information content (AvgIpc) is 2.62. The van der Waals surface area contributed by atoms with Gasteiger partial charge in [-0.2, -0.15) is 0 Å². The lowest BCUT2D eigenvalue weighted by Crippen LogP contribution is -2.51. The van der Waals surface area contributed by atoms with Crippen molar-refractivity contribution in [2.45, 2.75) is 31.8 Å². The molecular weight excluding hydrogens is 196 g/mol. The zero-order chi connectivity index (χ0) is 11.4. The van der Waals surface area contributed by atoms with Crippen LogP contribution >= 0.6 is 0 Å². The third-order valence-corrected chi connectivity index (χ3v) is 2.82. The maximum Gasteiger partial charge on any atom is 0.318 e. The van der Waals surface area contributed by atoms with Crippen LogP contribution in [0.15, 0.2) is 0 Å². The number of hydrogen-bond donors (Lipinski definition) is 3. The number of likely N-dealkylation sites (tertiary alicyclic amines) is 1. The van der Waals surface area contributed by atoms with Gasteiger partial charge in [0, 0.05) is 12.6 Å². The standard InChI is InChI=1S/C9H18N4O2/c1-6(8(14)12-9(11)15)13-4-2-3-7(13)5-10/h6-7H,2-5,10H2,1H3,(H3,11,12,14,15). The molecule has 2 atom stereocenters. The van der Waals surface area contributed by atoms with Crippen LogP contribution in [0.25, 0.3) is 0 Å². The van der Waals surface area contributed by atoms with Gasteiger partial charge in [0.05, 0.1) is 6.04 Å². The van der Waals surface area contributed by atoms with Crippen LogP contribution < -0.4 is 16.8 Å². The van der Waals surface area contributed by atoms with Crippen LogP contribution in [0.2, 0.25) is 0 Å². The van der Waals surface area contributed by atoms with Gasteiger partial charge in [-0.25, -0.2) is 4.79 Å². The molecule has 6 nitrogen and oxygen atoms in total. The fraction of sp³-hybridized carbons (Fsp3) is 0.778. The van der Waals surface area contributed by atoms with Crippen LogP contribution in [-0.2, 0) is 4.79 Å². The van der Waals surface area contributed by atoms with Crippen LogP contribution in [-0.4, -0.2) is 42.0 Å². The van der Waals surface area contributed by atoms with Gasteiger partial charge >= 0.3 is 6.03 Å². The van der Waals surface area contributed by atoms with E-state index in [9.17, 15) is 9.59 Å². The molecule has 0 saturated carbocycles. The minimum atomic E-state index is -0.810. The van der Waals surface area contributed by atoms with Crippen molar-refractivity contribution in [2.75, 3.05) is 13.1 Å². The van der Waals surface area contributed by atoms with Crippen molar-refractivity contribution in [2.24, 2.45) is 11.5 Å². The number of imide groups is 1. The summed E-state index contributed by atoms with van der Waals surface area (Å²) in [5.41, 5.74) is 10.5. The molecule has 0 aromatic heterocycles. The van der Waals surface area contributed by atoms with Crippen LogP contribution in [0.4, 0.5) is 4.79 Å². The monoisotopic (exact) mass is 214 g/mol. The number of amides is 3. The molecule has 6 heteroatoms. The number of primary amides is 1. The summed E-state index contributed by atoms with van der Waals surface area (Å²) < 4.78 is 0. The molecular formula is C9H18N4O2. The molecule has 15 heavy (non-hydrogen) atoms. The Morgan fingerprint density at radius 1 is 1.60 bits per heavy atom. The van der Waals surface area contributed by atoms with E-state index in [1.807, 2.05) is 4.90 Å². The van der Waals surface area contributed by atoms with E-state index in [1.54, 1.807) is 6.92 Å². The van der Waals surface area contributed by atoms with Crippen molar-refractivity contribution in [3.05, 3.63) is 0 Å². The number of urea groups is 1. The first-order valence-electron chi connectivity index (χ1n) is 5.12. The summed E-state index contributed by atoms with van der Waals surface area (Å²) in [6.45, 7) is 3.13. The molecule has 86 valence electrons. The molecule has 1 fully saturated rings. The minimum absolute atomic E-state index is 0.235. The SMILES string of the molecule is CC(C(=O)NC(N)=O)N1CCCC1CN. The Balaban J connectivity index is 2.55. The Kier molecular flexibility index (Phi) is 4.05. The summed E-state index contributed by atoms with van der Waals surface area (Å²) in [6, 6.07) is -0.928. The highest BCUT2D eigenvalue weighted by molar-refractivity contribution is 5.96. The maximum absolute atomic E-state index is 11.5. The predicted octanol–water partition coefficient (Wildman–Crippen LogP) is -1.01. The fourth-order valence-corrected chi connectivity index (χ4v) is 2.00. The van der Waals surface area contributed by atoms with E-state index in [0.717, 1.165) is 19.4 Å². The molecule has 0 aromatic carbocycles. The van der Waals surface area contributed by atoms with Gasteiger partial charge in [-0.3, -0.25) is 15.0 Å². The minimum Gasteiger partial charge on any atom is -0.351 e. The summed E-state index contributed by atoms with van der Waals surface area (Å²) in [5, 5.41) is 2.08. The molecule has 1 heterocycles. The van der Waals surface area contributed by atoms with Gasteiger partial charge in [0.2, 0.25) is 5.91 Å². The van der Waals surface area contributed by atoms with Crippen LogP contribution in [0.1, 0.15) is 19.8 Å². The van der Waals surface area contributed by atoms with E-state index >= 15 is 0 Å². The Hall–Kier alpha value is -1.14. The van der Waals surface area contributed by atoms with Gasteiger partial charge in [-0.15, -0.1) is 0 Å². The molecule has 0 aliphatic carbocycles. The second-order valence-electron chi connectivity index (χ2n) is 3.80. The van der Waals surface area contributed by atoms with E-state index in [-0.39, 0.29) is 18.0 Å². The normalized spacial score (nSPS) is 23.7. The van der Waals surface area contributed by atoms with Crippen molar-refractivity contribution in [3.63, 3.8) is 0 Å². The summed E-state index contributed by atoms with van der Waals surface area (Å²) in [5.74, 6) is -0.358. The first-order chi connectivity index (χ1) is 7.06. The van der Waals surface area contributed by atoms with Gasteiger partial charge in [-0.1, -0.05) is 0 Å². The predicted molar refractivity (Wildman–Crippen MR) is 56.0 cm³/mol. The lowest BCUT2D eigenvalue weighted by Gasteiger charge is -2.28. The van der Waals surface area contributed by atoms with Crippen molar-refractivity contribution >= 4 is 11.9 Å². The highest BCUT2D eigenvalue weighted by Gasteiger charge is 2.31. The quantitative estimate of drug-likeness (QED) is 0.560. The number of carbonyl (C=O) groups excluding carboxylic acids is 2. The van der Waals surface area contributed by atoms with Crippen molar-refractivity contribution in [1.29, 1.82) is 0 Å². The first kappa shape index (κ1) is 11.9. The number of nitrogens with two attached hydrogens (primary N) is 2. The highest BCUT2D eigenvalue weighted by Crippen LogP contribution is 2.18. The highest BCUT2D eigenvalue weighted by atomic mass is 16.2. The Labute approximate surface area is 89.0 Å². The van der Waals surface area contributed by atoms with Crippen LogP contribution in [0.5, 0.6) is 0 Å². The Morgan fingerprint density at radius 2 is 2.27 bits per heavy atom. The van der Waals surface area contributed by atoms with Crippen molar-refractivity contribution in [3.8, 4) is 0 Å². The van der Waals surface area contributed by atoms with E-state index in [0.29, 0.717) is 6.54 Å². The topological polar surface area (TPSA) is 101 Å². The van der Waals surface area contributed by atoms with Gasteiger partial charge in [0.1, 0.15) is 0 Å². The first-order valence-corrected chi connectivity index (χ1v) is 5.12. The number of nitrogens with one attached hydrogen (secondary N) is 1. The molecule has 0 bridgehead atoms. The lowest BCUT2D eigenvalue weighted by molar-refractivity contribution is -0.125. The Bertz CT molecular complexity index is 256. The number of carbonyl (C=O) groups is 2. The molecule has 3 amide bonds. The smallest absolute Gasteiger partial charge is 0.318 e. The van der Waals surface area contributed by atoms with Crippen molar-refractivity contribution < 1.29 is 9.59 Å². The molecule has 1 saturated heterocycles. The number of nitrogens with zero attached hydrogens (tertiary/aromatic N) is 1. The zero-order valence-electron chi connectivity index (χ0n) is 8.90. The second-order valence-corrected chi connectivity index (χ2v) is 3.80. The van der Waals surface area contributed by atoms with E-state index in [4.69, 9.17) is 11.5 Å². The molecule has 1 aliphatic heterocycles. The van der Waals surface area contributed by atoms with Crippen LogP contribution in [0, 0.1) is 0 Å². The molecule has 0 aromatic rings. The van der Waals surface area contributed by atoms with E-state index in [1.165, 1.54) is 0 Å². The molecule has 0 spiro atoms. The molecule has 2 unspecified atom stereocenters. The zero-order valence-corrected chi connectivity index (χ0v) is 8.90. The second kappa shape index (κ2) is 5.09. The van der Waals surface area contributed by atoms with E-state index in [2.05, 4.69) is 5.32 Å². The largest absolute Gasteiger partial charge is 0.351 e. The van der Waals surface area contributed by atoms with Gasteiger partial charge in [0.25, 0.3) is 0 Å². The Morgan fingerprint density at radius 3 is 2.80 bits per heavy atom. The summed E-state index contributed by atoms with van der Waals surface area (Å²) in [4.78, 5) is 24.0. The average molecular weight is 214 g/mol. The van der Waals surface area contributed by atoms with Crippen LogP contribution in [0.3, 0.4) is 0 Å².